The van der Waals surface area contributed by atoms with Crippen molar-refractivity contribution in [2.24, 2.45) is 5.92 Å². The molecule has 4 nitrogen and oxygen atoms in total. The second-order valence-corrected chi connectivity index (χ2v) is 9.53. The standard InChI is InChI=1S/C22H27NO3S/c1-16(2)21-14-11-19(15-22(24)18-7-5-4-6-8-18)23(21)27(25,26)20-12-9-17(3)10-13-20/h4-10,12-13,16,19,21H,11,14-15H2,1-3H3/t19-,21+/m0/s1. The summed E-state index contributed by atoms with van der Waals surface area (Å²) in [5.41, 5.74) is 1.66. The molecule has 5 heteroatoms. The van der Waals surface area contributed by atoms with Gasteiger partial charge in [-0.2, -0.15) is 4.31 Å². The Morgan fingerprint density at radius 1 is 1.04 bits per heavy atom. The zero-order valence-corrected chi connectivity index (χ0v) is 16.9. The fraction of sp³-hybridized carbons (Fsp3) is 0.409. The lowest BCUT2D eigenvalue weighted by atomic mass is 10.0. The largest absolute Gasteiger partial charge is 0.294 e. The van der Waals surface area contributed by atoms with Crippen LogP contribution in [0.5, 0.6) is 0 Å². The number of sulfonamides is 1. The van der Waals surface area contributed by atoms with Crippen molar-refractivity contribution >= 4 is 15.8 Å². The van der Waals surface area contributed by atoms with E-state index in [4.69, 9.17) is 0 Å². The van der Waals surface area contributed by atoms with Gasteiger partial charge in [-0.05, 0) is 37.8 Å². The molecular weight excluding hydrogens is 358 g/mol. The Kier molecular flexibility index (Phi) is 5.82. The first-order valence-electron chi connectivity index (χ1n) is 9.49. The zero-order chi connectivity index (χ0) is 19.6. The summed E-state index contributed by atoms with van der Waals surface area (Å²) in [5.74, 6) is 0.191. The van der Waals surface area contributed by atoms with Gasteiger partial charge in [-0.3, -0.25) is 4.79 Å². The molecule has 1 aliphatic heterocycles. The first-order chi connectivity index (χ1) is 12.8. The molecule has 1 heterocycles. The molecule has 3 rings (SSSR count). The molecule has 0 aliphatic carbocycles. The molecule has 27 heavy (non-hydrogen) atoms. The van der Waals surface area contributed by atoms with Crippen molar-refractivity contribution in [2.75, 3.05) is 0 Å². The lowest BCUT2D eigenvalue weighted by Gasteiger charge is -2.31. The molecule has 2 aromatic carbocycles. The minimum atomic E-state index is -3.65. The maximum Gasteiger partial charge on any atom is 0.243 e. The fourth-order valence-electron chi connectivity index (χ4n) is 3.87. The highest BCUT2D eigenvalue weighted by Crippen LogP contribution is 2.36. The number of benzene rings is 2. The van der Waals surface area contributed by atoms with Gasteiger partial charge in [0.05, 0.1) is 4.90 Å². The molecule has 1 fully saturated rings. The van der Waals surface area contributed by atoms with Crippen molar-refractivity contribution in [1.82, 2.24) is 4.31 Å². The fourth-order valence-corrected chi connectivity index (χ4v) is 5.87. The molecule has 0 N–H and O–H groups in total. The van der Waals surface area contributed by atoms with Crippen LogP contribution in [0.1, 0.15) is 49.0 Å². The molecule has 1 aliphatic rings. The Bertz CT molecular complexity index is 889. The van der Waals surface area contributed by atoms with Crippen LogP contribution in [0.15, 0.2) is 59.5 Å². The van der Waals surface area contributed by atoms with E-state index < -0.39 is 10.0 Å². The average molecular weight is 386 g/mol. The summed E-state index contributed by atoms with van der Waals surface area (Å²) in [7, 11) is -3.65. The van der Waals surface area contributed by atoms with Crippen LogP contribution in [-0.2, 0) is 10.0 Å². The van der Waals surface area contributed by atoms with Crippen molar-refractivity contribution in [3.8, 4) is 0 Å². The molecule has 0 radical (unpaired) electrons. The van der Waals surface area contributed by atoms with Gasteiger partial charge in [-0.1, -0.05) is 61.9 Å². The number of ketones is 1. The van der Waals surface area contributed by atoms with E-state index in [9.17, 15) is 13.2 Å². The van der Waals surface area contributed by atoms with Gasteiger partial charge in [0, 0.05) is 24.1 Å². The summed E-state index contributed by atoms with van der Waals surface area (Å²) in [6.07, 6.45) is 1.72. The third-order valence-corrected chi connectivity index (χ3v) is 7.36. The number of carbonyl (C=O) groups excluding carboxylic acids is 1. The van der Waals surface area contributed by atoms with Gasteiger partial charge >= 0.3 is 0 Å². The zero-order valence-electron chi connectivity index (χ0n) is 16.1. The summed E-state index contributed by atoms with van der Waals surface area (Å²) in [5, 5.41) is 0. The van der Waals surface area contributed by atoms with Gasteiger partial charge in [-0.25, -0.2) is 8.42 Å². The van der Waals surface area contributed by atoms with E-state index in [1.165, 1.54) is 0 Å². The van der Waals surface area contributed by atoms with Crippen LogP contribution in [0.2, 0.25) is 0 Å². The maximum absolute atomic E-state index is 13.4. The van der Waals surface area contributed by atoms with Crippen molar-refractivity contribution in [3.05, 3.63) is 65.7 Å². The van der Waals surface area contributed by atoms with Crippen LogP contribution >= 0.6 is 0 Å². The van der Waals surface area contributed by atoms with Gasteiger partial charge in [0.25, 0.3) is 0 Å². The quantitative estimate of drug-likeness (QED) is 0.691. The van der Waals surface area contributed by atoms with Gasteiger partial charge in [-0.15, -0.1) is 0 Å². The van der Waals surface area contributed by atoms with Crippen molar-refractivity contribution in [3.63, 3.8) is 0 Å². The average Bonchev–Trinajstić information content (AvgIpc) is 3.07. The molecule has 0 saturated carbocycles. The Labute approximate surface area is 162 Å². The minimum Gasteiger partial charge on any atom is -0.294 e. The first kappa shape index (κ1) is 19.8. The van der Waals surface area contributed by atoms with Crippen molar-refractivity contribution < 1.29 is 13.2 Å². The molecule has 0 aromatic heterocycles. The summed E-state index contributed by atoms with van der Waals surface area (Å²) in [4.78, 5) is 13.0. The Morgan fingerprint density at radius 3 is 2.26 bits per heavy atom. The molecule has 1 saturated heterocycles. The second kappa shape index (κ2) is 7.95. The molecule has 0 unspecified atom stereocenters. The first-order valence-corrected chi connectivity index (χ1v) is 10.9. The van der Waals surface area contributed by atoms with Crippen LogP contribution in [0.25, 0.3) is 0 Å². The van der Waals surface area contributed by atoms with E-state index in [0.29, 0.717) is 16.9 Å². The van der Waals surface area contributed by atoms with E-state index in [-0.39, 0.29) is 30.2 Å². The highest BCUT2D eigenvalue weighted by atomic mass is 32.2. The lowest BCUT2D eigenvalue weighted by molar-refractivity contribution is 0.0955. The minimum absolute atomic E-state index is 0.00545. The number of rotatable bonds is 6. The van der Waals surface area contributed by atoms with Gasteiger partial charge in [0.15, 0.2) is 5.78 Å². The van der Waals surface area contributed by atoms with Crippen LogP contribution in [0, 0.1) is 12.8 Å². The Hall–Kier alpha value is -1.98. The molecule has 0 amide bonds. The molecule has 2 atom stereocenters. The normalized spacial score (nSPS) is 20.9. The molecule has 2 aromatic rings. The number of hydrogen-bond acceptors (Lipinski definition) is 3. The SMILES string of the molecule is Cc1ccc(S(=O)(=O)N2[C@H](CC(=O)c3ccccc3)CC[C@@H]2C(C)C)cc1. The summed E-state index contributed by atoms with van der Waals surface area (Å²) in [6.45, 7) is 6.03. The smallest absolute Gasteiger partial charge is 0.243 e. The van der Waals surface area contributed by atoms with E-state index in [1.807, 2.05) is 51.1 Å². The van der Waals surface area contributed by atoms with Crippen LogP contribution in [-0.4, -0.2) is 30.6 Å². The summed E-state index contributed by atoms with van der Waals surface area (Å²) < 4.78 is 28.4. The predicted molar refractivity (Wildman–Crippen MR) is 107 cm³/mol. The molecule has 144 valence electrons. The number of carbonyl (C=O) groups is 1. The topological polar surface area (TPSA) is 54.5 Å². The second-order valence-electron chi connectivity index (χ2n) is 7.68. The van der Waals surface area contributed by atoms with E-state index in [1.54, 1.807) is 28.6 Å². The number of hydrogen-bond donors (Lipinski definition) is 0. The number of Topliss-reactive ketones (excluding diaryl/α,β-unsaturated/α-hetero) is 1. The summed E-state index contributed by atoms with van der Waals surface area (Å²) >= 11 is 0. The molecular formula is C22H27NO3S. The lowest BCUT2D eigenvalue weighted by Crippen LogP contribution is -2.44. The third kappa shape index (κ3) is 4.14. The van der Waals surface area contributed by atoms with Crippen LogP contribution < -0.4 is 0 Å². The number of nitrogens with zero attached hydrogens (tertiary/aromatic N) is 1. The maximum atomic E-state index is 13.4. The summed E-state index contributed by atoms with van der Waals surface area (Å²) in [6, 6.07) is 15.7. The predicted octanol–water partition coefficient (Wildman–Crippen LogP) is 4.45. The van der Waals surface area contributed by atoms with Crippen LogP contribution in [0.4, 0.5) is 0 Å². The Balaban J connectivity index is 1.92. The highest BCUT2D eigenvalue weighted by Gasteiger charge is 2.43. The van der Waals surface area contributed by atoms with Crippen molar-refractivity contribution in [1.29, 1.82) is 0 Å². The van der Waals surface area contributed by atoms with Gasteiger partial charge in [0.1, 0.15) is 0 Å². The van der Waals surface area contributed by atoms with E-state index >= 15 is 0 Å². The Morgan fingerprint density at radius 2 is 1.67 bits per heavy atom. The monoisotopic (exact) mass is 385 g/mol. The van der Waals surface area contributed by atoms with Gasteiger partial charge in [0.2, 0.25) is 10.0 Å². The van der Waals surface area contributed by atoms with Gasteiger partial charge < -0.3 is 0 Å². The molecule has 0 bridgehead atoms. The number of aryl methyl sites for hydroxylation is 1. The van der Waals surface area contributed by atoms with E-state index in [0.717, 1.165) is 12.0 Å². The van der Waals surface area contributed by atoms with Crippen LogP contribution in [0.3, 0.4) is 0 Å². The van der Waals surface area contributed by atoms with Crippen molar-refractivity contribution in [2.45, 2.75) is 57.0 Å². The third-order valence-electron chi connectivity index (χ3n) is 5.37. The van der Waals surface area contributed by atoms with E-state index in [2.05, 4.69) is 0 Å². The molecule has 0 spiro atoms. The highest BCUT2D eigenvalue weighted by molar-refractivity contribution is 7.89.